The second-order valence-electron chi connectivity index (χ2n) is 8.48. The SMILES string of the molecule is CC(C)C[C@H](NC(=O)c1nc[nH]c1C(=O)NCc1ccccc1)C(=O)OC(C)(C)C. The zero-order valence-electron chi connectivity index (χ0n) is 18.1. The molecule has 1 heterocycles. The van der Waals surface area contributed by atoms with Crippen molar-refractivity contribution in [1.82, 2.24) is 20.6 Å². The quantitative estimate of drug-likeness (QED) is 0.575. The van der Waals surface area contributed by atoms with Gasteiger partial charge in [0, 0.05) is 6.54 Å². The Morgan fingerprint density at radius 1 is 1.10 bits per heavy atom. The maximum absolute atomic E-state index is 12.8. The highest BCUT2D eigenvalue weighted by Gasteiger charge is 2.29. The molecule has 0 bridgehead atoms. The number of esters is 1. The second kappa shape index (κ2) is 10.0. The number of hydrogen-bond acceptors (Lipinski definition) is 5. The molecule has 0 spiro atoms. The summed E-state index contributed by atoms with van der Waals surface area (Å²) in [5.74, 6) is -1.44. The van der Waals surface area contributed by atoms with Gasteiger partial charge in [0.05, 0.1) is 6.33 Å². The van der Waals surface area contributed by atoms with E-state index in [9.17, 15) is 14.4 Å². The summed E-state index contributed by atoms with van der Waals surface area (Å²) < 4.78 is 5.42. The predicted molar refractivity (Wildman–Crippen MR) is 113 cm³/mol. The molecule has 30 heavy (non-hydrogen) atoms. The number of carbonyl (C=O) groups is 3. The highest BCUT2D eigenvalue weighted by molar-refractivity contribution is 6.05. The summed E-state index contributed by atoms with van der Waals surface area (Å²) in [4.78, 5) is 44.5. The molecule has 2 amide bonds. The van der Waals surface area contributed by atoms with Crippen LogP contribution in [0, 0.1) is 5.92 Å². The van der Waals surface area contributed by atoms with Gasteiger partial charge in [0.2, 0.25) is 0 Å². The summed E-state index contributed by atoms with van der Waals surface area (Å²) in [6, 6.07) is 8.58. The van der Waals surface area contributed by atoms with Crippen molar-refractivity contribution in [3.05, 3.63) is 53.6 Å². The summed E-state index contributed by atoms with van der Waals surface area (Å²) in [6.07, 6.45) is 1.68. The van der Waals surface area contributed by atoms with E-state index in [-0.39, 0.29) is 17.3 Å². The fraction of sp³-hybridized carbons (Fsp3) is 0.455. The molecule has 1 aromatic heterocycles. The molecule has 2 rings (SSSR count). The van der Waals surface area contributed by atoms with Gasteiger partial charge < -0.3 is 20.4 Å². The van der Waals surface area contributed by atoms with Gasteiger partial charge in [-0.3, -0.25) is 9.59 Å². The smallest absolute Gasteiger partial charge is 0.329 e. The van der Waals surface area contributed by atoms with E-state index in [0.717, 1.165) is 5.56 Å². The summed E-state index contributed by atoms with van der Waals surface area (Å²) in [5, 5.41) is 5.42. The standard InChI is InChI=1S/C22H30N4O4/c1-14(2)11-16(21(29)30-22(3,4)5)26-20(28)18-17(24-13-25-18)19(27)23-12-15-9-7-6-8-10-15/h6-10,13-14,16H,11-12H2,1-5H3,(H,23,27)(H,24,25)(H,26,28)/t16-/m0/s1. The summed E-state index contributed by atoms with van der Waals surface area (Å²) in [6.45, 7) is 9.50. The molecule has 0 radical (unpaired) electrons. The van der Waals surface area contributed by atoms with Gasteiger partial charge >= 0.3 is 5.97 Å². The van der Waals surface area contributed by atoms with Crippen LogP contribution in [0.15, 0.2) is 36.7 Å². The van der Waals surface area contributed by atoms with Crippen molar-refractivity contribution in [2.45, 2.75) is 59.2 Å². The first-order valence-corrected chi connectivity index (χ1v) is 9.96. The van der Waals surface area contributed by atoms with E-state index in [1.54, 1.807) is 20.8 Å². The molecule has 8 heteroatoms. The molecule has 8 nitrogen and oxygen atoms in total. The lowest BCUT2D eigenvalue weighted by Crippen LogP contribution is -2.45. The number of H-pyrrole nitrogens is 1. The molecule has 162 valence electrons. The maximum Gasteiger partial charge on any atom is 0.329 e. The van der Waals surface area contributed by atoms with Crippen molar-refractivity contribution < 1.29 is 19.1 Å². The van der Waals surface area contributed by atoms with Crippen LogP contribution in [0.5, 0.6) is 0 Å². The Labute approximate surface area is 176 Å². The normalized spacial score (nSPS) is 12.3. The first-order chi connectivity index (χ1) is 14.1. The minimum absolute atomic E-state index is 0.0379. The highest BCUT2D eigenvalue weighted by atomic mass is 16.6. The number of amides is 2. The van der Waals surface area contributed by atoms with E-state index in [1.807, 2.05) is 44.2 Å². The predicted octanol–water partition coefficient (Wildman–Crippen LogP) is 2.83. The number of aromatic nitrogens is 2. The van der Waals surface area contributed by atoms with Crippen molar-refractivity contribution >= 4 is 17.8 Å². The highest BCUT2D eigenvalue weighted by Crippen LogP contribution is 2.14. The van der Waals surface area contributed by atoms with E-state index in [4.69, 9.17) is 4.74 Å². The van der Waals surface area contributed by atoms with Crippen molar-refractivity contribution in [2.75, 3.05) is 0 Å². The van der Waals surface area contributed by atoms with Crippen LogP contribution < -0.4 is 10.6 Å². The van der Waals surface area contributed by atoms with Crippen LogP contribution >= 0.6 is 0 Å². The van der Waals surface area contributed by atoms with Crippen LogP contribution in [0.2, 0.25) is 0 Å². The molecule has 0 aliphatic carbocycles. The van der Waals surface area contributed by atoms with E-state index in [1.165, 1.54) is 6.33 Å². The van der Waals surface area contributed by atoms with Crippen molar-refractivity contribution in [3.63, 3.8) is 0 Å². The van der Waals surface area contributed by atoms with E-state index in [0.29, 0.717) is 13.0 Å². The summed E-state index contributed by atoms with van der Waals surface area (Å²) in [5.41, 5.74) is 0.221. The van der Waals surface area contributed by atoms with Crippen LogP contribution in [0.3, 0.4) is 0 Å². The zero-order chi connectivity index (χ0) is 22.3. The fourth-order valence-electron chi connectivity index (χ4n) is 2.79. The number of nitrogens with one attached hydrogen (secondary N) is 3. The lowest BCUT2D eigenvalue weighted by molar-refractivity contribution is -0.157. The molecule has 0 fully saturated rings. The molecule has 0 aliphatic heterocycles. The van der Waals surface area contributed by atoms with Gasteiger partial charge in [0.25, 0.3) is 11.8 Å². The lowest BCUT2D eigenvalue weighted by atomic mass is 10.0. The van der Waals surface area contributed by atoms with Crippen molar-refractivity contribution in [1.29, 1.82) is 0 Å². The van der Waals surface area contributed by atoms with E-state index < -0.39 is 29.4 Å². The second-order valence-corrected chi connectivity index (χ2v) is 8.48. The lowest BCUT2D eigenvalue weighted by Gasteiger charge is -2.25. The minimum atomic E-state index is -0.839. The number of carbonyl (C=O) groups excluding carboxylic acids is 3. The van der Waals surface area contributed by atoms with Crippen molar-refractivity contribution in [2.24, 2.45) is 5.92 Å². The third kappa shape index (κ3) is 7.02. The number of hydrogen-bond donors (Lipinski definition) is 3. The molecule has 3 N–H and O–H groups in total. The number of rotatable bonds is 8. The van der Waals surface area contributed by atoms with Crippen LogP contribution in [-0.4, -0.2) is 39.4 Å². The van der Waals surface area contributed by atoms with Crippen LogP contribution in [0.1, 0.15) is 67.6 Å². The third-order valence-corrected chi connectivity index (χ3v) is 4.08. The van der Waals surface area contributed by atoms with Crippen LogP contribution in [0.4, 0.5) is 0 Å². The molecular weight excluding hydrogens is 384 g/mol. The Kier molecular flexibility index (Phi) is 7.74. The fourth-order valence-corrected chi connectivity index (χ4v) is 2.79. The van der Waals surface area contributed by atoms with Gasteiger partial charge in [0.1, 0.15) is 17.3 Å². The van der Waals surface area contributed by atoms with Gasteiger partial charge in [0.15, 0.2) is 5.69 Å². The van der Waals surface area contributed by atoms with E-state index >= 15 is 0 Å². The third-order valence-electron chi connectivity index (χ3n) is 4.08. The van der Waals surface area contributed by atoms with Gasteiger partial charge in [-0.15, -0.1) is 0 Å². The Morgan fingerprint density at radius 2 is 1.77 bits per heavy atom. The minimum Gasteiger partial charge on any atom is -0.458 e. The molecule has 0 saturated heterocycles. The van der Waals surface area contributed by atoms with Crippen LogP contribution in [0.25, 0.3) is 0 Å². The number of benzene rings is 1. The van der Waals surface area contributed by atoms with Gasteiger partial charge in [-0.25, -0.2) is 9.78 Å². The molecule has 1 aromatic carbocycles. The Hall–Kier alpha value is -3.16. The number of imidazole rings is 1. The van der Waals surface area contributed by atoms with Crippen molar-refractivity contribution in [3.8, 4) is 0 Å². The Bertz CT molecular complexity index is 869. The topological polar surface area (TPSA) is 113 Å². The van der Waals surface area contributed by atoms with Gasteiger partial charge in [-0.05, 0) is 38.7 Å². The molecule has 0 saturated carbocycles. The van der Waals surface area contributed by atoms with Gasteiger partial charge in [-0.2, -0.15) is 0 Å². The zero-order valence-corrected chi connectivity index (χ0v) is 18.1. The summed E-state index contributed by atoms with van der Waals surface area (Å²) in [7, 11) is 0. The number of ether oxygens (including phenoxy) is 1. The molecule has 0 aliphatic rings. The summed E-state index contributed by atoms with van der Waals surface area (Å²) >= 11 is 0. The number of nitrogens with zero attached hydrogens (tertiary/aromatic N) is 1. The Morgan fingerprint density at radius 3 is 2.37 bits per heavy atom. The first kappa shape index (κ1) is 23.1. The first-order valence-electron chi connectivity index (χ1n) is 9.96. The monoisotopic (exact) mass is 414 g/mol. The average Bonchev–Trinajstić information content (AvgIpc) is 3.14. The molecule has 2 aromatic rings. The maximum atomic E-state index is 12.8. The molecular formula is C22H30N4O4. The average molecular weight is 415 g/mol. The molecule has 0 unspecified atom stereocenters. The van der Waals surface area contributed by atoms with Gasteiger partial charge in [-0.1, -0.05) is 44.2 Å². The molecule has 1 atom stereocenters. The number of aromatic amines is 1. The largest absolute Gasteiger partial charge is 0.458 e. The van der Waals surface area contributed by atoms with E-state index in [2.05, 4.69) is 20.6 Å². The Balaban J connectivity index is 2.09. The van der Waals surface area contributed by atoms with Crippen LogP contribution in [-0.2, 0) is 16.1 Å².